The maximum atomic E-state index is 13.0. The molecule has 1 amide bonds. The van der Waals surface area contributed by atoms with Gasteiger partial charge in [0.1, 0.15) is 5.75 Å². The number of ether oxygens (including phenoxy) is 3. The molecule has 1 fully saturated rings. The molecule has 1 saturated heterocycles. The van der Waals surface area contributed by atoms with Crippen LogP contribution in [0.25, 0.3) is 0 Å². The minimum absolute atomic E-state index is 0.0132. The summed E-state index contributed by atoms with van der Waals surface area (Å²) in [6.45, 7) is 5.26. The van der Waals surface area contributed by atoms with E-state index >= 15 is 0 Å². The van der Waals surface area contributed by atoms with Crippen molar-refractivity contribution < 1.29 is 19.0 Å². The van der Waals surface area contributed by atoms with Gasteiger partial charge in [0.2, 0.25) is 6.79 Å². The zero-order valence-corrected chi connectivity index (χ0v) is 16.2. The van der Waals surface area contributed by atoms with Crippen LogP contribution in [-0.4, -0.2) is 36.3 Å². The van der Waals surface area contributed by atoms with Crippen LogP contribution >= 0.6 is 11.6 Å². The first-order chi connectivity index (χ1) is 12.9. The molecule has 0 radical (unpaired) electrons. The molecule has 0 spiro atoms. The summed E-state index contributed by atoms with van der Waals surface area (Å²) >= 11 is 5.91. The second-order valence-electron chi connectivity index (χ2n) is 7.42. The van der Waals surface area contributed by atoms with E-state index in [4.69, 9.17) is 25.8 Å². The molecule has 2 aliphatic rings. The van der Waals surface area contributed by atoms with Crippen molar-refractivity contribution >= 4 is 17.5 Å². The molecular weight excluding hydrogens is 366 g/mol. The quantitative estimate of drug-likeness (QED) is 0.787. The molecular formula is C21H22ClNO4. The smallest absolute Gasteiger partial charge is 0.266 e. The molecule has 2 aromatic carbocycles. The van der Waals surface area contributed by atoms with Gasteiger partial charge >= 0.3 is 0 Å². The van der Waals surface area contributed by atoms with Crippen molar-refractivity contribution in [1.29, 1.82) is 0 Å². The summed E-state index contributed by atoms with van der Waals surface area (Å²) in [6.07, 6.45) is 0.919. The van der Waals surface area contributed by atoms with Gasteiger partial charge in [0.05, 0.1) is 0 Å². The Morgan fingerprint density at radius 1 is 1.15 bits per heavy atom. The fraction of sp³-hybridized carbons (Fsp3) is 0.381. The number of carbonyl (C=O) groups excluding carboxylic acids is 1. The van der Waals surface area contributed by atoms with Crippen LogP contribution in [0.3, 0.4) is 0 Å². The lowest BCUT2D eigenvalue weighted by atomic mass is 9.98. The maximum Gasteiger partial charge on any atom is 0.266 e. The predicted molar refractivity (Wildman–Crippen MR) is 103 cm³/mol. The van der Waals surface area contributed by atoms with Crippen LogP contribution in [0.2, 0.25) is 5.02 Å². The lowest BCUT2D eigenvalue weighted by Crippen LogP contribution is -2.48. The minimum Gasteiger partial charge on any atom is -0.478 e. The van der Waals surface area contributed by atoms with Gasteiger partial charge in [-0.25, -0.2) is 0 Å². The normalized spacial score (nSPS) is 18.6. The Kier molecular flexibility index (Phi) is 4.64. The van der Waals surface area contributed by atoms with Crippen LogP contribution in [0.15, 0.2) is 42.5 Å². The highest BCUT2D eigenvalue weighted by Crippen LogP contribution is 2.37. The largest absolute Gasteiger partial charge is 0.478 e. The highest BCUT2D eigenvalue weighted by molar-refractivity contribution is 6.30. The average Bonchev–Trinajstić information content (AvgIpc) is 3.31. The van der Waals surface area contributed by atoms with Crippen molar-refractivity contribution in [2.75, 3.05) is 19.9 Å². The van der Waals surface area contributed by atoms with E-state index in [9.17, 15) is 4.79 Å². The molecule has 0 saturated carbocycles. The first-order valence-corrected chi connectivity index (χ1v) is 9.44. The third-order valence-corrected chi connectivity index (χ3v) is 5.30. The molecule has 142 valence electrons. The number of carbonyl (C=O) groups is 1. The fourth-order valence-corrected chi connectivity index (χ4v) is 3.73. The van der Waals surface area contributed by atoms with Crippen molar-refractivity contribution in [3.05, 3.63) is 53.1 Å². The summed E-state index contributed by atoms with van der Waals surface area (Å²) < 4.78 is 16.8. The second kappa shape index (κ2) is 6.97. The Morgan fingerprint density at radius 3 is 2.67 bits per heavy atom. The summed E-state index contributed by atoms with van der Waals surface area (Å²) in [7, 11) is 0. The number of nitrogens with zero attached hydrogens (tertiary/aromatic N) is 1. The highest BCUT2D eigenvalue weighted by atomic mass is 35.5. The number of fused-ring (bicyclic) bond motifs is 1. The van der Waals surface area contributed by atoms with E-state index in [-0.39, 0.29) is 18.6 Å². The lowest BCUT2D eigenvalue weighted by molar-refractivity contribution is -0.144. The summed E-state index contributed by atoms with van der Waals surface area (Å²) in [5, 5.41) is 0.637. The van der Waals surface area contributed by atoms with E-state index in [0.29, 0.717) is 23.9 Å². The van der Waals surface area contributed by atoms with Crippen LogP contribution in [0.4, 0.5) is 0 Å². The van der Waals surface area contributed by atoms with Crippen LogP contribution in [0, 0.1) is 0 Å². The Labute approximate surface area is 163 Å². The van der Waals surface area contributed by atoms with Gasteiger partial charge in [0.25, 0.3) is 5.91 Å². The standard InChI is InChI=1S/C21H22ClNO4/c1-21(2,27-17-6-4-16(22)5-7-17)20(24)23-10-9-15(12-23)14-3-8-18-19(11-14)26-13-25-18/h3-8,11,15H,9-10,12-13H2,1-2H3. The van der Waals surface area contributed by atoms with Gasteiger partial charge in [-0.3, -0.25) is 4.79 Å². The molecule has 0 aromatic heterocycles. The molecule has 0 aliphatic carbocycles. The third kappa shape index (κ3) is 3.69. The van der Waals surface area contributed by atoms with Crippen molar-refractivity contribution in [3.8, 4) is 17.2 Å². The maximum absolute atomic E-state index is 13.0. The van der Waals surface area contributed by atoms with Crippen molar-refractivity contribution in [3.63, 3.8) is 0 Å². The molecule has 2 aliphatic heterocycles. The molecule has 2 heterocycles. The highest BCUT2D eigenvalue weighted by Gasteiger charge is 2.38. The van der Waals surface area contributed by atoms with Crippen LogP contribution < -0.4 is 14.2 Å². The number of benzene rings is 2. The van der Waals surface area contributed by atoms with E-state index in [1.54, 1.807) is 38.1 Å². The number of amides is 1. The van der Waals surface area contributed by atoms with Gasteiger partial charge < -0.3 is 19.1 Å². The number of likely N-dealkylation sites (tertiary alicyclic amines) is 1. The van der Waals surface area contributed by atoms with Crippen LogP contribution in [-0.2, 0) is 4.79 Å². The van der Waals surface area contributed by atoms with E-state index in [0.717, 1.165) is 17.9 Å². The van der Waals surface area contributed by atoms with E-state index in [1.807, 2.05) is 17.0 Å². The number of hydrogen-bond donors (Lipinski definition) is 0. The van der Waals surface area contributed by atoms with Gasteiger partial charge in [0.15, 0.2) is 17.1 Å². The Bertz CT molecular complexity index is 850. The topological polar surface area (TPSA) is 48.0 Å². The van der Waals surface area contributed by atoms with E-state index in [1.165, 1.54) is 5.56 Å². The summed E-state index contributed by atoms with van der Waals surface area (Å²) in [6, 6.07) is 13.1. The fourth-order valence-electron chi connectivity index (χ4n) is 3.61. The Morgan fingerprint density at radius 2 is 1.89 bits per heavy atom. The van der Waals surface area contributed by atoms with Crippen molar-refractivity contribution in [1.82, 2.24) is 4.90 Å². The first kappa shape index (κ1) is 18.0. The zero-order valence-electron chi connectivity index (χ0n) is 15.4. The van der Waals surface area contributed by atoms with Crippen molar-refractivity contribution in [2.24, 2.45) is 0 Å². The predicted octanol–water partition coefficient (Wildman–Crippen LogP) is 4.24. The van der Waals surface area contributed by atoms with Crippen molar-refractivity contribution in [2.45, 2.75) is 31.8 Å². The molecule has 4 rings (SSSR count). The van der Waals surface area contributed by atoms with Gasteiger partial charge in [-0.15, -0.1) is 0 Å². The summed E-state index contributed by atoms with van der Waals surface area (Å²) in [5.41, 5.74) is 0.225. The van der Waals surface area contributed by atoms with Gasteiger partial charge in [0, 0.05) is 24.0 Å². The number of rotatable bonds is 4. The number of halogens is 1. The first-order valence-electron chi connectivity index (χ1n) is 9.06. The second-order valence-corrected chi connectivity index (χ2v) is 7.85. The lowest BCUT2D eigenvalue weighted by Gasteiger charge is -2.30. The van der Waals surface area contributed by atoms with Gasteiger partial charge in [-0.05, 0) is 62.2 Å². The third-order valence-electron chi connectivity index (χ3n) is 5.05. The zero-order chi connectivity index (χ0) is 19.0. The number of hydrogen-bond acceptors (Lipinski definition) is 4. The molecule has 5 nitrogen and oxygen atoms in total. The molecule has 0 N–H and O–H groups in total. The van der Waals surface area contributed by atoms with E-state index in [2.05, 4.69) is 6.07 Å². The molecule has 27 heavy (non-hydrogen) atoms. The molecule has 2 aromatic rings. The van der Waals surface area contributed by atoms with Gasteiger partial charge in [-0.1, -0.05) is 17.7 Å². The van der Waals surface area contributed by atoms with Crippen LogP contribution in [0.5, 0.6) is 17.2 Å². The Hall–Kier alpha value is -2.40. The van der Waals surface area contributed by atoms with E-state index < -0.39 is 5.60 Å². The van der Waals surface area contributed by atoms with Gasteiger partial charge in [-0.2, -0.15) is 0 Å². The summed E-state index contributed by atoms with van der Waals surface area (Å²) in [5.74, 6) is 2.46. The SMILES string of the molecule is CC(C)(Oc1ccc(Cl)cc1)C(=O)N1CCC(c2ccc3c(c2)OCO3)C1. The molecule has 0 bridgehead atoms. The molecule has 6 heteroatoms. The molecule has 1 atom stereocenters. The summed E-state index contributed by atoms with van der Waals surface area (Å²) in [4.78, 5) is 14.9. The molecule has 1 unspecified atom stereocenters. The minimum atomic E-state index is -0.947. The average molecular weight is 388 g/mol. The monoisotopic (exact) mass is 387 g/mol. The van der Waals surface area contributed by atoms with Crippen LogP contribution in [0.1, 0.15) is 31.7 Å². The Balaban J connectivity index is 1.43.